The molecule has 0 fully saturated rings. The van der Waals surface area contributed by atoms with Gasteiger partial charge in [-0.25, -0.2) is 4.98 Å². The van der Waals surface area contributed by atoms with Gasteiger partial charge in [0.25, 0.3) is 0 Å². The standard InChI is InChI=1S/C10H15FN2/c1-10(2,5-6-12)8-4-3-7-13-9(8)11/h3-4,7H,5-6,12H2,1-2H3. The van der Waals surface area contributed by atoms with E-state index in [1.54, 1.807) is 12.1 Å². The molecule has 0 unspecified atom stereocenters. The Hall–Kier alpha value is -0.960. The molecule has 0 aliphatic rings. The Labute approximate surface area is 78.0 Å². The van der Waals surface area contributed by atoms with E-state index in [1.165, 1.54) is 6.20 Å². The van der Waals surface area contributed by atoms with E-state index >= 15 is 0 Å². The Balaban J connectivity index is 2.99. The summed E-state index contributed by atoms with van der Waals surface area (Å²) in [5.74, 6) is -0.388. The van der Waals surface area contributed by atoms with Gasteiger partial charge in [0, 0.05) is 11.8 Å². The van der Waals surface area contributed by atoms with Gasteiger partial charge in [0.15, 0.2) is 0 Å². The second-order valence-electron chi connectivity index (χ2n) is 3.76. The van der Waals surface area contributed by atoms with Gasteiger partial charge in [0.05, 0.1) is 0 Å². The fourth-order valence-corrected chi connectivity index (χ4v) is 1.39. The zero-order valence-corrected chi connectivity index (χ0v) is 8.05. The van der Waals surface area contributed by atoms with E-state index in [2.05, 4.69) is 4.98 Å². The Bertz CT molecular complexity index is 284. The fraction of sp³-hybridized carbons (Fsp3) is 0.500. The molecular formula is C10H15FN2. The lowest BCUT2D eigenvalue weighted by Crippen LogP contribution is -2.23. The first-order valence-electron chi connectivity index (χ1n) is 4.39. The lowest BCUT2D eigenvalue weighted by molar-refractivity contribution is 0.444. The van der Waals surface area contributed by atoms with Gasteiger partial charge in [-0.2, -0.15) is 4.39 Å². The Morgan fingerprint density at radius 2 is 2.23 bits per heavy atom. The Kier molecular flexibility index (Phi) is 2.98. The van der Waals surface area contributed by atoms with Crippen molar-refractivity contribution in [2.75, 3.05) is 6.54 Å². The fourth-order valence-electron chi connectivity index (χ4n) is 1.39. The van der Waals surface area contributed by atoms with E-state index in [4.69, 9.17) is 5.73 Å². The molecule has 3 heteroatoms. The van der Waals surface area contributed by atoms with Crippen LogP contribution in [0.25, 0.3) is 0 Å². The Morgan fingerprint density at radius 1 is 1.54 bits per heavy atom. The summed E-state index contributed by atoms with van der Waals surface area (Å²) in [7, 11) is 0. The van der Waals surface area contributed by atoms with Crippen molar-refractivity contribution in [2.24, 2.45) is 5.73 Å². The molecule has 2 nitrogen and oxygen atoms in total. The van der Waals surface area contributed by atoms with Crippen LogP contribution < -0.4 is 5.73 Å². The van der Waals surface area contributed by atoms with Crippen molar-refractivity contribution in [3.63, 3.8) is 0 Å². The van der Waals surface area contributed by atoms with E-state index < -0.39 is 0 Å². The summed E-state index contributed by atoms with van der Waals surface area (Å²) in [5, 5.41) is 0. The number of nitrogens with two attached hydrogens (primary N) is 1. The van der Waals surface area contributed by atoms with Gasteiger partial charge in [-0.05, 0) is 24.4 Å². The molecule has 0 aromatic carbocycles. The molecule has 1 rings (SSSR count). The molecule has 1 aromatic heterocycles. The number of pyridine rings is 1. The molecule has 0 radical (unpaired) electrons. The molecule has 1 aromatic rings. The van der Waals surface area contributed by atoms with Crippen molar-refractivity contribution in [1.29, 1.82) is 0 Å². The SMILES string of the molecule is CC(C)(CCN)c1cccnc1F. The number of nitrogens with zero attached hydrogens (tertiary/aromatic N) is 1. The highest BCUT2D eigenvalue weighted by molar-refractivity contribution is 5.20. The molecule has 0 amide bonds. The smallest absolute Gasteiger partial charge is 0.216 e. The van der Waals surface area contributed by atoms with Gasteiger partial charge in [-0.3, -0.25) is 0 Å². The second-order valence-corrected chi connectivity index (χ2v) is 3.76. The summed E-state index contributed by atoms with van der Waals surface area (Å²) in [5.41, 5.74) is 5.87. The largest absolute Gasteiger partial charge is 0.330 e. The first kappa shape index (κ1) is 10.1. The summed E-state index contributed by atoms with van der Waals surface area (Å²) in [6.07, 6.45) is 2.22. The van der Waals surface area contributed by atoms with Gasteiger partial charge in [0.2, 0.25) is 5.95 Å². The maximum Gasteiger partial charge on any atom is 0.216 e. The van der Waals surface area contributed by atoms with E-state index in [-0.39, 0.29) is 11.4 Å². The molecule has 1 heterocycles. The zero-order valence-electron chi connectivity index (χ0n) is 8.05. The molecule has 2 N–H and O–H groups in total. The lowest BCUT2D eigenvalue weighted by atomic mass is 9.82. The first-order valence-corrected chi connectivity index (χ1v) is 4.39. The minimum atomic E-state index is -0.388. The predicted octanol–water partition coefficient (Wildman–Crippen LogP) is 1.85. The first-order chi connectivity index (χ1) is 6.08. The van der Waals surface area contributed by atoms with Crippen molar-refractivity contribution in [3.8, 4) is 0 Å². The molecule has 13 heavy (non-hydrogen) atoms. The maximum absolute atomic E-state index is 13.3. The van der Waals surface area contributed by atoms with Crippen LogP contribution in [-0.4, -0.2) is 11.5 Å². The van der Waals surface area contributed by atoms with Gasteiger partial charge < -0.3 is 5.73 Å². The average molecular weight is 182 g/mol. The number of hydrogen-bond acceptors (Lipinski definition) is 2. The third-order valence-corrected chi connectivity index (χ3v) is 2.26. The van der Waals surface area contributed by atoms with Crippen molar-refractivity contribution >= 4 is 0 Å². The summed E-state index contributed by atoms with van der Waals surface area (Å²) >= 11 is 0. The zero-order chi connectivity index (χ0) is 9.90. The Morgan fingerprint density at radius 3 is 2.77 bits per heavy atom. The topological polar surface area (TPSA) is 38.9 Å². The van der Waals surface area contributed by atoms with Gasteiger partial charge in [-0.1, -0.05) is 19.9 Å². The van der Waals surface area contributed by atoms with Crippen LogP contribution in [0.5, 0.6) is 0 Å². The van der Waals surface area contributed by atoms with Crippen molar-refractivity contribution in [3.05, 3.63) is 29.8 Å². The van der Waals surface area contributed by atoms with Crippen LogP contribution in [-0.2, 0) is 5.41 Å². The number of hydrogen-bond donors (Lipinski definition) is 1. The van der Waals surface area contributed by atoms with E-state index in [0.717, 1.165) is 6.42 Å². The van der Waals surface area contributed by atoms with Gasteiger partial charge >= 0.3 is 0 Å². The number of aromatic nitrogens is 1. The molecular weight excluding hydrogens is 167 g/mol. The average Bonchev–Trinajstić information content (AvgIpc) is 2.04. The van der Waals surface area contributed by atoms with Gasteiger partial charge in [0.1, 0.15) is 0 Å². The third kappa shape index (κ3) is 2.25. The quantitative estimate of drug-likeness (QED) is 0.724. The molecule has 0 saturated carbocycles. The summed E-state index contributed by atoms with van der Waals surface area (Å²) < 4.78 is 13.3. The highest BCUT2D eigenvalue weighted by Gasteiger charge is 2.23. The number of halogens is 1. The van der Waals surface area contributed by atoms with Crippen LogP contribution in [0, 0.1) is 5.95 Å². The van der Waals surface area contributed by atoms with E-state index in [9.17, 15) is 4.39 Å². The van der Waals surface area contributed by atoms with Gasteiger partial charge in [-0.15, -0.1) is 0 Å². The third-order valence-electron chi connectivity index (χ3n) is 2.26. The summed E-state index contributed by atoms with van der Waals surface area (Å²) in [6.45, 7) is 4.50. The molecule has 72 valence electrons. The molecule has 0 saturated heterocycles. The van der Waals surface area contributed by atoms with E-state index in [0.29, 0.717) is 12.1 Å². The summed E-state index contributed by atoms with van der Waals surface area (Å²) in [6, 6.07) is 3.51. The predicted molar refractivity (Wildman–Crippen MR) is 50.9 cm³/mol. The highest BCUT2D eigenvalue weighted by Crippen LogP contribution is 2.27. The normalized spacial score (nSPS) is 11.7. The monoisotopic (exact) mass is 182 g/mol. The van der Waals surface area contributed by atoms with Crippen molar-refractivity contribution in [1.82, 2.24) is 4.98 Å². The second kappa shape index (κ2) is 3.83. The minimum absolute atomic E-state index is 0.229. The maximum atomic E-state index is 13.3. The van der Waals surface area contributed by atoms with Crippen LogP contribution in [0.1, 0.15) is 25.8 Å². The van der Waals surface area contributed by atoms with E-state index in [1.807, 2.05) is 13.8 Å². The molecule has 0 aliphatic heterocycles. The van der Waals surface area contributed by atoms with Crippen molar-refractivity contribution in [2.45, 2.75) is 25.7 Å². The van der Waals surface area contributed by atoms with Crippen LogP contribution in [0.4, 0.5) is 4.39 Å². The highest BCUT2D eigenvalue weighted by atomic mass is 19.1. The molecule has 0 bridgehead atoms. The van der Waals surface area contributed by atoms with Crippen LogP contribution in [0.2, 0.25) is 0 Å². The van der Waals surface area contributed by atoms with Crippen LogP contribution >= 0.6 is 0 Å². The summed E-state index contributed by atoms with van der Waals surface area (Å²) in [4.78, 5) is 3.62. The molecule has 0 aliphatic carbocycles. The lowest BCUT2D eigenvalue weighted by Gasteiger charge is -2.24. The van der Waals surface area contributed by atoms with Crippen LogP contribution in [0.15, 0.2) is 18.3 Å². The number of rotatable bonds is 3. The minimum Gasteiger partial charge on any atom is -0.330 e. The molecule has 0 spiro atoms. The van der Waals surface area contributed by atoms with Crippen LogP contribution in [0.3, 0.4) is 0 Å². The molecule has 0 atom stereocenters. The van der Waals surface area contributed by atoms with Crippen molar-refractivity contribution < 1.29 is 4.39 Å².